The Balaban J connectivity index is 1.94. The van der Waals surface area contributed by atoms with Crippen molar-refractivity contribution in [2.75, 3.05) is 6.54 Å². The molecule has 0 radical (unpaired) electrons. The van der Waals surface area contributed by atoms with Gasteiger partial charge in [-0.2, -0.15) is 5.53 Å². The number of nitrogens with one attached hydrogen (secondary N) is 2. The van der Waals surface area contributed by atoms with Gasteiger partial charge in [-0.25, -0.2) is 10.4 Å². The third-order valence-corrected chi connectivity index (χ3v) is 3.24. The monoisotopic (exact) mass is 139 g/mol. The Hall–Kier alpha value is -0.120. The van der Waals surface area contributed by atoms with E-state index in [9.17, 15) is 0 Å². The van der Waals surface area contributed by atoms with E-state index in [0.29, 0.717) is 0 Å². The van der Waals surface area contributed by atoms with Crippen molar-refractivity contribution < 1.29 is 0 Å². The Kier molecular flexibility index (Phi) is 0.952. The highest BCUT2D eigenvalue weighted by Gasteiger charge is 2.47. The second-order valence-electron chi connectivity index (χ2n) is 3.67. The minimum Gasteiger partial charge on any atom is -0.239 e. The van der Waals surface area contributed by atoms with Gasteiger partial charge in [-0.3, -0.25) is 0 Å². The Morgan fingerprint density at radius 3 is 3.20 bits per heavy atom. The molecule has 0 aromatic heterocycles. The Labute approximate surface area is 60.7 Å². The molecule has 3 atom stereocenters. The first-order valence-corrected chi connectivity index (χ1v) is 4.23. The lowest BCUT2D eigenvalue weighted by Crippen LogP contribution is -2.37. The molecule has 3 aliphatic rings. The van der Waals surface area contributed by atoms with E-state index in [4.69, 9.17) is 0 Å². The van der Waals surface area contributed by atoms with Crippen LogP contribution in [0, 0.1) is 5.92 Å². The molecule has 1 aliphatic carbocycles. The summed E-state index contributed by atoms with van der Waals surface area (Å²) in [6, 6.07) is 1.59. The molecule has 3 nitrogen and oxygen atoms in total. The third-order valence-electron chi connectivity index (χ3n) is 3.24. The predicted octanol–water partition coefficient (Wildman–Crippen LogP) is -0.138. The second kappa shape index (κ2) is 1.72. The molecule has 0 amide bonds. The summed E-state index contributed by atoms with van der Waals surface area (Å²) in [5, 5.41) is 2.38. The molecule has 3 rings (SSSR count). The Morgan fingerprint density at radius 1 is 1.20 bits per heavy atom. The highest BCUT2D eigenvalue weighted by Crippen LogP contribution is 2.38. The van der Waals surface area contributed by atoms with E-state index >= 15 is 0 Å². The fourth-order valence-electron chi connectivity index (χ4n) is 2.76. The van der Waals surface area contributed by atoms with Crippen LogP contribution >= 0.6 is 0 Å². The Bertz CT molecular complexity index is 118. The van der Waals surface area contributed by atoms with Gasteiger partial charge in [0, 0.05) is 18.6 Å². The molecule has 0 aromatic carbocycles. The first-order chi connectivity index (χ1) is 4.95. The van der Waals surface area contributed by atoms with Gasteiger partial charge in [0.2, 0.25) is 0 Å². The van der Waals surface area contributed by atoms with Crippen molar-refractivity contribution in [2.45, 2.75) is 31.3 Å². The standard InChI is InChI=1S/C7H13N3/c1-2-6-7-5(1)3-4-10(7)9-8-6/h5-9H,1-4H2. The second-order valence-corrected chi connectivity index (χ2v) is 3.67. The normalized spacial score (nSPS) is 52.2. The maximum Gasteiger partial charge on any atom is 0.0452 e. The summed E-state index contributed by atoms with van der Waals surface area (Å²) < 4.78 is 0. The van der Waals surface area contributed by atoms with Crippen molar-refractivity contribution in [3.8, 4) is 0 Å². The molecule has 56 valence electrons. The smallest absolute Gasteiger partial charge is 0.0452 e. The van der Waals surface area contributed by atoms with Crippen LogP contribution in [0.5, 0.6) is 0 Å². The maximum atomic E-state index is 3.33. The van der Waals surface area contributed by atoms with Crippen LogP contribution in [0.25, 0.3) is 0 Å². The summed E-state index contributed by atoms with van der Waals surface area (Å²) >= 11 is 0. The summed E-state index contributed by atoms with van der Waals surface area (Å²) in [4.78, 5) is 0. The number of hydrogen-bond acceptors (Lipinski definition) is 3. The van der Waals surface area contributed by atoms with E-state index in [-0.39, 0.29) is 0 Å². The van der Waals surface area contributed by atoms with E-state index < -0.39 is 0 Å². The van der Waals surface area contributed by atoms with Gasteiger partial charge in [-0.15, -0.1) is 0 Å². The van der Waals surface area contributed by atoms with Crippen molar-refractivity contribution >= 4 is 0 Å². The minimum absolute atomic E-state index is 0.757. The summed E-state index contributed by atoms with van der Waals surface area (Å²) in [7, 11) is 0. The summed E-state index contributed by atoms with van der Waals surface area (Å²) in [6.07, 6.45) is 4.23. The zero-order valence-electron chi connectivity index (χ0n) is 6.01. The summed E-state index contributed by atoms with van der Waals surface area (Å²) in [5.74, 6) is 0.993. The van der Waals surface area contributed by atoms with Crippen LogP contribution in [-0.2, 0) is 0 Å². The SMILES string of the molecule is C1CC2NNN3CCC1C23. The van der Waals surface area contributed by atoms with Crippen molar-refractivity contribution in [1.29, 1.82) is 0 Å². The van der Waals surface area contributed by atoms with Crippen LogP contribution in [0.3, 0.4) is 0 Å². The molecule has 0 bridgehead atoms. The molecule has 3 heteroatoms. The van der Waals surface area contributed by atoms with E-state index in [1.807, 2.05) is 0 Å². The lowest BCUT2D eigenvalue weighted by Gasteiger charge is -2.13. The third kappa shape index (κ3) is 0.516. The molecule has 2 aliphatic heterocycles. The average Bonchev–Trinajstić information content (AvgIpc) is 2.56. The van der Waals surface area contributed by atoms with Gasteiger partial charge < -0.3 is 0 Å². The number of hydrazine groups is 2. The molecule has 0 spiro atoms. The average molecular weight is 139 g/mol. The molecule has 0 aromatic rings. The topological polar surface area (TPSA) is 27.3 Å². The predicted molar refractivity (Wildman–Crippen MR) is 37.9 cm³/mol. The van der Waals surface area contributed by atoms with E-state index in [1.165, 1.54) is 25.8 Å². The van der Waals surface area contributed by atoms with Crippen LogP contribution in [0.1, 0.15) is 19.3 Å². The zero-order valence-corrected chi connectivity index (χ0v) is 6.01. The lowest BCUT2D eigenvalue weighted by atomic mass is 10.0. The molecule has 2 heterocycles. The van der Waals surface area contributed by atoms with E-state index in [0.717, 1.165) is 18.0 Å². The Morgan fingerprint density at radius 2 is 2.20 bits per heavy atom. The van der Waals surface area contributed by atoms with E-state index in [1.54, 1.807) is 0 Å². The van der Waals surface area contributed by atoms with Crippen molar-refractivity contribution in [3.05, 3.63) is 0 Å². The molecule has 3 unspecified atom stereocenters. The van der Waals surface area contributed by atoms with Gasteiger partial charge in [0.15, 0.2) is 0 Å². The van der Waals surface area contributed by atoms with Crippen LogP contribution < -0.4 is 11.0 Å². The highest BCUT2D eigenvalue weighted by atomic mass is 15.7. The quantitative estimate of drug-likeness (QED) is 0.489. The number of hydrogen-bond donors (Lipinski definition) is 2. The fourth-order valence-corrected chi connectivity index (χ4v) is 2.76. The van der Waals surface area contributed by atoms with E-state index in [2.05, 4.69) is 16.0 Å². The van der Waals surface area contributed by atoms with Gasteiger partial charge in [0.25, 0.3) is 0 Å². The molecular formula is C7H13N3. The number of rotatable bonds is 0. The molecular weight excluding hydrogens is 126 g/mol. The molecule has 2 N–H and O–H groups in total. The van der Waals surface area contributed by atoms with Gasteiger partial charge in [0.1, 0.15) is 0 Å². The van der Waals surface area contributed by atoms with Gasteiger partial charge in [-0.05, 0) is 25.2 Å². The summed E-state index contributed by atoms with van der Waals surface area (Å²) in [5.41, 5.74) is 6.56. The van der Waals surface area contributed by atoms with Crippen LogP contribution in [0.15, 0.2) is 0 Å². The maximum absolute atomic E-state index is 3.33. The molecule has 10 heavy (non-hydrogen) atoms. The minimum atomic E-state index is 0.757. The molecule has 1 saturated carbocycles. The van der Waals surface area contributed by atoms with Crippen molar-refractivity contribution in [3.63, 3.8) is 0 Å². The van der Waals surface area contributed by atoms with Gasteiger partial charge >= 0.3 is 0 Å². The van der Waals surface area contributed by atoms with Crippen LogP contribution in [0.2, 0.25) is 0 Å². The zero-order chi connectivity index (χ0) is 6.55. The van der Waals surface area contributed by atoms with Crippen molar-refractivity contribution in [1.82, 2.24) is 16.0 Å². The first-order valence-electron chi connectivity index (χ1n) is 4.23. The van der Waals surface area contributed by atoms with Gasteiger partial charge in [0.05, 0.1) is 0 Å². The van der Waals surface area contributed by atoms with Crippen LogP contribution in [0.4, 0.5) is 0 Å². The van der Waals surface area contributed by atoms with Crippen molar-refractivity contribution in [2.24, 2.45) is 5.92 Å². The fraction of sp³-hybridized carbons (Fsp3) is 1.00. The number of nitrogens with zero attached hydrogens (tertiary/aromatic N) is 1. The molecule has 2 saturated heterocycles. The largest absolute Gasteiger partial charge is 0.239 e. The van der Waals surface area contributed by atoms with Gasteiger partial charge in [-0.1, -0.05) is 0 Å². The highest BCUT2D eigenvalue weighted by molar-refractivity contribution is 5.01. The van der Waals surface area contributed by atoms with Crippen LogP contribution in [-0.4, -0.2) is 23.6 Å². The lowest BCUT2D eigenvalue weighted by molar-refractivity contribution is 0.218. The molecule has 3 fully saturated rings. The summed E-state index contributed by atoms with van der Waals surface area (Å²) in [6.45, 7) is 1.25. The first kappa shape index (κ1) is 5.52.